The maximum absolute atomic E-state index is 11.2. The summed E-state index contributed by atoms with van der Waals surface area (Å²) in [4.78, 5) is 38.0. The summed E-state index contributed by atoms with van der Waals surface area (Å²) in [5.41, 5.74) is 0. The number of carbonyl (C=O) groups is 3. The van der Waals surface area contributed by atoms with Gasteiger partial charge in [0.1, 0.15) is 0 Å². The molecule has 7 nitrogen and oxygen atoms in total. The molecule has 0 spiro atoms. The van der Waals surface area contributed by atoms with E-state index in [1.807, 2.05) is 0 Å². The van der Waals surface area contributed by atoms with E-state index < -0.39 is 18.0 Å². The Morgan fingerprint density at radius 3 is 2.37 bits per heavy atom. The molecule has 0 aromatic rings. The molecule has 0 bridgehead atoms. The topological polar surface area (TPSA) is 82.1 Å². The molecule has 0 unspecified atom stereocenters. The van der Waals surface area contributed by atoms with Crippen LogP contribution in [-0.2, 0) is 23.9 Å². The molecule has 0 saturated carbocycles. The van der Waals surface area contributed by atoms with Gasteiger partial charge in [-0.25, -0.2) is 4.79 Å². The van der Waals surface area contributed by atoms with Crippen molar-refractivity contribution in [3.05, 3.63) is 0 Å². The van der Waals surface area contributed by atoms with Crippen molar-refractivity contribution in [2.75, 3.05) is 19.8 Å². The van der Waals surface area contributed by atoms with Crippen LogP contribution in [0.3, 0.4) is 0 Å². The monoisotopic (exact) mass is 273 g/mol. The number of hydrogen-bond donors (Lipinski definition) is 0. The highest BCUT2D eigenvalue weighted by Crippen LogP contribution is 2.12. The van der Waals surface area contributed by atoms with Gasteiger partial charge in [0, 0.05) is 32.5 Å². The third kappa shape index (κ3) is 5.69. The quantitative estimate of drug-likeness (QED) is 0.378. The molecule has 0 aliphatic carbocycles. The van der Waals surface area contributed by atoms with Crippen molar-refractivity contribution in [3.63, 3.8) is 0 Å². The van der Waals surface area contributed by atoms with Crippen LogP contribution in [0.2, 0.25) is 0 Å². The predicted octanol–water partition coefficient (Wildman–Crippen LogP) is 1.41. The lowest BCUT2D eigenvalue weighted by molar-refractivity contribution is -0.177. The molecule has 7 heteroatoms. The van der Waals surface area contributed by atoms with Gasteiger partial charge < -0.3 is 9.47 Å². The molecular formula is C12H19NO6. The van der Waals surface area contributed by atoms with E-state index in [1.165, 1.54) is 0 Å². The SMILES string of the molecule is CCCCOCCCOC(=O)ON1C(=O)CCC1=O. The van der Waals surface area contributed by atoms with Crippen molar-refractivity contribution in [1.82, 2.24) is 5.06 Å². The van der Waals surface area contributed by atoms with E-state index in [2.05, 4.69) is 11.8 Å². The Morgan fingerprint density at radius 1 is 1.11 bits per heavy atom. The van der Waals surface area contributed by atoms with Crippen LogP contribution in [0.4, 0.5) is 4.79 Å². The van der Waals surface area contributed by atoms with E-state index in [4.69, 9.17) is 9.47 Å². The van der Waals surface area contributed by atoms with Gasteiger partial charge >= 0.3 is 6.16 Å². The first-order chi connectivity index (χ1) is 9.15. The van der Waals surface area contributed by atoms with Gasteiger partial charge in [-0.2, -0.15) is 0 Å². The average Bonchev–Trinajstić information content (AvgIpc) is 2.69. The molecule has 1 aliphatic heterocycles. The van der Waals surface area contributed by atoms with E-state index in [0.717, 1.165) is 12.8 Å². The van der Waals surface area contributed by atoms with Crippen molar-refractivity contribution in [1.29, 1.82) is 0 Å². The Bertz CT molecular complexity index is 314. The molecule has 0 aromatic heterocycles. The molecule has 1 heterocycles. The number of amides is 2. The molecule has 0 radical (unpaired) electrons. The molecular weight excluding hydrogens is 254 g/mol. The highest BCUT2D eigenvalue weighted by molar-refractivity contribution is 6.01. The zero-order valence-electron chi connectivity index (χ0n) is 11.1. The third-order valence-corrected chi connectivity index (χ3v) is 2.47. The van der Waals surface area contributed by atoms with Crippen LogP contribution < -0.4 is 0 Å². The first kappa shape index (κ1) is 15.4. The number of carbonyl (C=O) groups excluding carboxylic acids is 3. The molecule has 0 atom stereocenters. The standard InChI is InChI=1S/C12H19NO6/c1-2-3-7-17-8-4-9-18-12(16)19-13-10(14)5-6-11(13)15/h2-9H2,1H3. The molecule has 1 aliphatic rings. The molecule has 0 N–H and O–H groups in total. The smallest absolute Gasteiger partial charge is 0.433 e. The van der Waals surface area contributed by atoms with Crippen LogP contribution >= 0.6 is 0 Å². The fourth-order valence-corrected chi connectivity index (χ4v) is 1.42. The van der Waals surface area contributed by atoms with Gasteiger partial charge in [-0.3, -0.25) is 14.4 Å². The van der Waals surface area contributed by atoms with Gasteiger partial charge in [-0.1, -0.05) is 18.4 Å². The molecule has 1 saturated heterocycles. The van der Waals surface area contributed by atoms with Crippen molar-refractivity contribution in [2.45, 2.75) is 39.0 Å². The number of unbranched alkanes of at least 4 members (excludes halogenated alkanes) is 1. The maximum Gasteiger partial charge on any atom is 0.533 e. The predicted molar refractivity (Wildman–Crippen MR) is 63.9 cm³/mol. The third-order valence-electron chi connectivity index (χ3n) is 2.47. The van der Waals surface area contributed by atoms with Crippen molar-refractivity contribution in [2.24, 2.45) is 0 Å². The lowest BCUT2D eigenvalue weighted by atomic mass is 10.4. The molecule has 0 aromatic carbocycles. The number of nitrogens with zero attached hydrogens (tertiary/aromatic N) is 1. The number of hydrogen-bond acceptors (Lipinski definition) is 6. The van der Waals surface area contributed by atoms with Crippen molar-refractivity contribution < 1.29 is 28.7 Å². The van der Waals surface area contributed by atoms with Crippen LogP contribution in [0.1, 0.15) is 39.0 Å². The lowest BCUT2D eigenvalue weighted by Gasteiger charge is -2.12. The summed E-state index contributed by atoms with van der Waals surface area (Å²) >= 11 is 0. The second-order valence-corrected chi connectivity index (χ2v) is 4.09. The molecule has 1 rings (SSSR count). The summed E-state index contributed by atoms with van der Waals surface area (Å²) in [5.74, 6) is -1.05. The van der Waals surface area contributed by atoms with E-state index in [-0.39, 0.29) is 19.4 Å². The molecule has 2 amide bonds. The van der Waals surface area contributed by atoms with Crippen molar-refractivity contribution in [3.8, 4) is 0 Å². The number of imide groups is 1. The second kappa shape index (κ2) is 8.47. The molecule has 19 heavy (non-hydrogen) atoms. The zero-order valence-corrected chi connectivity index (χ0v) is 11.1. The summed E-state index contributed by atoms with van der Waals surface area (Å²) < 4.78 is 9.99. The minimum atomic E-state index is -1.04. The van der Waals surface area contributed by atoms with E-state index in [0.29, 0.717) is 24.7 Å². The van der Waals surface area contributed by atoms with Crippen LogP contribution in [0.25, 0.3) is 0 Å². The van der Waals surface area contributed by atoms with Crippen LogP contribution in [0.5, 0.6) is 0 Å². The number of ether oxygens (including phenoxy) is 2. The molecule has 108 valence electrons. The highest BCUT2D eigenvalue weighted by Gasteiger charge is 2.33. The van der Waals surface area contributed by atoms with E-state index >= 15 is 0 Å². The normalized spacial score (nSPS) is 14.9. The lowest BCUT2D eigenvalue weighted by Crippen LogP contribution is -2.32. The largest absolute Gasteiger partial charge is 0.533 e. The second-order valence-electron chi connectivity index (χ2n) is 4.09. The van der Waals surface area contributed by atoms with Crippen molar-refractivity contribution >= 4 is 18.0 Å². The zero-order chi connectivity index (χ0) is 14.1. The van der Waals surface area contributed by atoms with Gasteiger partial charge in [-0.15, -0.1) is 0 Å². The Morgan fingerprint density at radius 2 is 1.74 bits per heavy atom. The average molecular weight is 273 g/mol. The fraction of sp³-hybridized carbons (Fsp3) is 0.750. The fourth-order valence-electron chi connectivity index (χ4n) is 1.42. The summed E-state index contributed by atoms with van der Waals surface area (Å²) in [5, 5.41) is 0.458. The summed E-state index contributed by atoms with van der Waals surface area (Å²) in [7, 11) is 0. The van der Waals surface area contributed by atoms with Gasteiger partial charge in [0.2, 0.25) is 0 Å². The van der Waals surface area contributed by atoms with E-state index in [1.54, 1.807) is 0 Å². The first-order valence-electron chi connectivity index (χ1n) is 6.43. The van der Waals surface area contributed by atoms with E-state index in [9.17, 15) is 14.4 Å². The first-order valence-corrected chi connectivity index (χ1v) is 6.43. The van der Waals surface area contributed by atoms with Gasteiger partial charge in [0.15, 0.2) is 0 Å². The maximum atomic E-state index is 11.2. The van der Waals surface area contributed by atoms with Gasteiger partial charge in [0.05, 0.1) is 6.61 Å². The summed E-state index contributed by atoms with van der Waals surface area (Å²) in [6.45, 7) is 3.39. The Kier molecular flexibility index (Phi) is 6.88. The number of hydroxylamine groups is 2. The van der Waals surface area contributed by atoms with Crippen LogP contribution in [0, 0.1) is 0 Å². The minimum absolute atomic E-state index is 0.0668. The Hall–Kier alpha value is -1.63. The summed E-state index contributed by atoms with van der Waals surface area (Å²) in [6.07, 6.45) is 1.70. The Balaban J connectivity index is 2.05. The minimum Gasteiger partial charge on any atom is -0.433 e. The highest BCUT2D eigenvalue weighted by atomic mass is 16.8. The summed E-state index contributed by atoms with van der Waals surface area (Å²) in [6, 6.07) is 0. The van der Waals surface area contributed by atoms with Gasteiger partial charge in [-0.05, 0) is 6.42 Å². The molecule has 1 fully saturated rings. The van der Waals surface area contributed by atoms with Gasteiger partial charge in [0.25, 0.3) is 11.8 Å². The van der Waals surface area contributed by atoms with Crippen LogP contribution in [0.15, 0.2) is 0 Å². The number of rotatable bonds is 8. The Labute approximate surface area is 111 Å². The van der Waals surface area contributed by atoms with Crippen LogP contribution in [-0.4, -0.2) is 42.9 Å².